The minimum atomic E-state index is -0.229. The molecule has 0 bridgehead atoms. The molecule has 0 N–H and O–H groups in total. The molecule has 1 saturated heterocycles. The van der Waals surface area contributed by atoms with Crippen LogP contribution in [0.25, 0.3) is 11.0 Å². The van der Waals surface area contributed by atoms with E-state index in [1.54, 1.807) is 11.8 Å². The SMILES string of the molecule is CCOC(=O)CCCn1c(C(=O)C2CCN(CCC(CN(C)C(=O)c3ccccc3)c3ccc(Cl)c(Cl)c3)CC2)nc2ccccc21. The fourth-order valence-electron chi connectivity index (χ4n) is 6.39. The number of amides is 1. The van der Waals surface area contributed by atoms with Crippen LogP contribution in [-0.4, -0.2) is 76.8 Å². The summed E-state index contributed by atoms with van der Waals surface area (Å²) in [5.41, 5.74) is 3.39. The molecule has 0 spiro atoms. The first kappa shape index (κ1) is 34.6. The predicted octanol–water partition coefficient (Wildman–Crippen LogP) is 7.53. The van der Waals surface area contributed by atoms with Crippen LogP contribution in [0.3, 0.4) is 0 Å². The molecule has 3 aromatic carbocycles. The lowest BCUT2D eigenvalue weighted by Gasteiger charge is -2.33. The van der Waals surface area contributed by atoms with E-state index in [0.717, 1.165) is 55.5 Å². The number of fused-ring (bicyclic) bond motifs is 1. The van der Waals surface area contributed by atoms with Gasteiger partial charge in [-0.1, -0.05) is 59.6 Å². The first-order valence-corrected chi connectivity index (χ1v) is 17.1. The fraction of sp³-hybridized carbons (Fsp3) is 0.405. The summed E-state index contributed by atoms with van der Waals surface area (Å²) in [5.74, 6) is 0.213. The number of piperidine rings is 1. The maximum Gasteiger partial charge on any atom is 0.305 e. The van der Waals surface area contributed by atoms with Crippen LogP contribution in [0.1, 0.15) is 71.5 Å². The highest BCUT2D eigenvalue weighted by molar-refractivity contribution is 6.42. The Bertz CT molecular complexity index is 1680. The number of halogens is 2. The predicted molar refractivity (Wildman–Crippen MR) is 186 cm³/mol. The Balaban J connectivity index is 1.22. The van der Waals surface area contributed by atoms with Crippen LogP contribution < -0.4 is 0 Å². The summed E-state index contributed by atoms with van der Waals surface area (Å²) in [6.07, 6.45) is 3.18. The highest BCUT2D eigenvalue weighted by Crippen LogP contribution is 2.30. The monoisotopic (exact) mass is 676 g/mol. The van der Waals surface area contributed by atoms with E-state index in [9.17, 15) is 14.4 Å². The number of aryl methyl sites for hydroxylation is 1. The third-order valence-corrected chi connectivity index (χ3v) is 9.71. The first-order valence-electron chi connectivity index (χ1n) is 16.4. The number of likely N-dealkylation sites (N-methyl/N-ethyl adjacent to an activating group) is 1. The van der Waals surface area contributed by atoms with Crippen LogP contribution in [0.5, 0.6) is 0 Å². The van der Waals surface area contributed by atoms with Crippen molar-refractivity contribution >= 4 is 51.9 Å². The van der Waals surface area contributed by atoms with Gasteiger partial charge in [0.15, 0.2) is 5.82 Å². The second-order valence-electron chi connectivity index (χ2n) is 12.2. The van der Waals surface area contributed by atoms with Gasteiger partial charge in [0.25, 0.3) is 5.91 Å². The molecule has 1 aliphatic heterocycles. The van der Waals surface area contributed by atoms with Gasteiger partial charge in [-0.25, -0.2) is 4.98 Å². The van der Waals surface area contributed by atoms with E-state index >= 15 is 0 Å². The summed E-state index contributed by atoms with van der Waals surface area (Å²) in [6.45, 7) is 5.63. The molecule has 1 aromatic heterocycles. The molecule has 1 unspecified atom stereocenters. The Morgan fingerprint density at radius 2 is 1.68 bits per heavy atom. The topological polar surface area (TPSA) is 84.7 Å². The molecule has 0 radical (unpaired) electrons. The number of ether oxygens (including phenoxy) is 1. The van der Waals surface area contributed by atoms with Gasteiger partial charge in [0.1, 0.15) is 0 Å². The van der Waals surface area contributed by atoms with Gasteiger partial charge in [-0.3, -0.25) is 14.4 Å². The molecule has 1 amide bonds. The third kappa shape index (κ3) is 8.80. The molecular weight excluding hydrogens is 635 g/mol. The molecule has 2 heterocycles. The maximum absolute atomic E-state index is 13.9. The van der Waals surface area contributed by atoms with Crippen LogP contribution >= 0.6 is 23.2 Å². The molecular formula is C37H42Cl2N4O4. The smallest absolute Gasteiger partial charge is 0.305 e. The van der Waals surface area contributed by atoms with Crippen molar-refractivity contribution in [1.29, 1.82) is 0 Å². The minimum Gasteiger partial charge on any atom is -0.466 e. The summed E-state index contributed by atoms with van der Waals surface area (Å²) >= 11 is 12.6. The quantitative estimate of drug-likeness (QED) is 0.101. The molecule has 4 aromatic rings. The van der Waals surface area contributed by atoms with Gasteiger partial charge in [0.2, 0.25) is 5.78 Å². The van der Waals surface area contributed by atoms with Crippen molar-refractivity contribution < 1.29 is 19.1 Å². The van der Waals surface area contributed by atoms with Crippen LogP contribution in [0.2, 0.25) is 10.0 Å². The largest absolute Gasteiger partial charge is 0.466 e. The van der Waals surface area contributed by atoms with Gasteiger partial charge in [0, 0.05) is 44.0 Å². The number of hydrogen-bond donors (Lipinski definition) is 0. The van der Waals surface area contributed by atoms with E-state index < -0.39 is 0 Å². The first-order chi connectivity index (χ1) is 22.7. The van der Waals surface area contributed by atoms with Crippen LogP contribution in [0, 0.1) is 5.92 Å². The van der Waals surface area contributed by atoms with E-state index in [1.807, 2.05) is 84.4 Å². The summed E-state index contributed by atoms with van der Waals surface area (Å²) in [5, 5.41) is 1.000. The molecule has 5 rings (SSSR count). The van der Waals surface area contributed by atoms with Crippen LogP contribution in [-0.2, 0) is 16.1 Å². The number of hydrogen-bond acceptors (Lipinski definition) is 6. The number of nitrogens with zero attached hydrogens (tertiary/aromatic N) is 4. The average molecular weight is 678 g/mol. The van der Waals surface area contributed by atoms with Gasteiger partial charge in [-0.15, -0.1) is 0 Å². The van der Waals surface area contributed by atoms with E-state index in [-0.39, 0.29) is 29.5 Å². The Kier molecular flexibility index (Phi) is 12.1. The second-order valence-corrected chi connectivity index (χ2v) is 13.0. The zero-order valence-electron chi connectivity index (χ0n) is 27.0. The number of rotatable bonds is 14. The minimum absolute atomic E-state index is 0.0260. The van der Waals surface area contributed by atoms with Gasteiger partial charge in [-0.2, -0.15) is 0 Å². The Morgan fingerprint density at radius 1 is 0.957 bits per heavy atom. The lowest BCUT2D eigenvalue weighted by Crippen LogP contribution is -2.38. The average Bonchev–Trinajstić information content (AvgIpc) is 3.46. The molecule has 248 valence electrons. The maximum atomic E-state index is 13.9. The normalized spacial score (nSPS) is 14.6. The molecule has 1 aliphatic rings. The standard InChI is InChI=1S/C37H42Cl2N4O4/c1-3-47-34(44)14-9-20-43-33-13-8-7-12-32(33)40-36(43)35(45)26-17-21-42(22-18-26)23-19-29(28-15-16-30(38)31(39)24-28)25-41(2)37(46)27-10-5-4-6-11-27/h4-8,10-13,15-16,24,26,29H,3,9,14,17-23,25H2,1-2H3. The molecule has 0 saturated carbocycles. The van der Waals surface area contributed by atoms with Gasteiger partial charge < -0.3 is 19.1 Å². The molecule has 0 aliphatic carbocycles. The molecule has 47 heavy (non-hydrogen) atoms. The summed E-state index contributed by atoms with van der Waals surface area (Å²) in [7, 11) is 1.83. The second kappa shape index (κ2) is 16.4. The number of benzene rings is 3. The molecule has 8 nitrogen and oxygen atoms in total. The van der Waals surface area contributed by atoms with Gasteiger partial charge in [0.05, 0.1) is 27.7 Å². The number of para-hydroxylation sites is 2. The summed E-state index contributed by atoms with van der Waals surface area (Å²) in [4.78, 5) is 47.9. The van der Waals surface area contributed by atoms with Crippen molar-refractivity contribution in [1.82, 2.24) is 19.4 Å². The molecule has 10 heteroatoms. The lowest BCUT2D eigenvalue weighted by molar-refractivity contribution is -0.143. The van der Waals surface area contributed by atoms with Crippen molar-refractivity contribution in [2.24, 2.45) is 5.92 Å². The van der Waals surface area contributed by atoms with Crippen molar-refractivity contribution in [2.75, 3.05) is 39.8 Å². The number of likely N-dealkylation sites (tertiary alicyclic amines) is 1. The highest BCUT2D eigenvalue weighted by Gasteiger charge is 2.30. The molecule has 1 fully saturated rings. The molecule has 1 atom stereocenters. The van der Waals surface area contributed by atoms with Crippen molar-refractivity contribution in [3.05, 3.63) is 99.8 Å². The van der Waals surface area contributed by atoms with Crippen molar-refractivity contribution in [3.63, 3.8) is 0 Å². The zero-order valence-corrected chi connectivity index (χ0v) is 28.6. The number of imidazole rings is 1. The highest BCUT2D eigenvalue weighted by atomic mass is 35.5. The van der Waals surface area contributed by atoms with Gasteiger partial charge >= 0.3 is 5.97 Å². The Hall–Kier alpha value is -3.72. The summed E-state index contributed by atoms with van der Waals surface area (Å²) in [6, 6.07) is 22.8. The lowest BCUT2D eigenvalue weighted by atomic mass is 9.90. The number of Topliss-reactive ketones (excluding diaryl/α,β-unsaturated/α-hetero) is 1. The van der Waals surface area contributed by atoms with E-state index in [2.05, 4.69) is 4.90 Å². The van der Waals surface area contributed by atoms with Crippen LogP contribution in [0.15, 0.2) is 72.8 Å². The number of aromatic nitrogens is 2. The zero-order chi connectivity index (χ0) is 33.3. The van der Waals surface area contributed by atoms with Crippen LogP contribution in [0.4, 0.5) is 0 Å². The summed E-state index contributed by atoms with van der Waals surface area (Å²) < 4.78 is 7.06. The van der Waals surface area contributed by atoms with Gasteiger partial charge in [-0.05, 0) is 94.2 Å². The van der Waals surface area contributed by atoms with Crippen molar-refractivity contribution in [2.45, 2.75) is 51.5 Å². The van der Waals surface area contributed by atoms with Crippen molar-refractivity contribution in [3.8, 4) is 0 Å². The Labute approximate surface area is 286 Å². The van der Waals surface area contributed by atoms with E-state index in [1.165, 1.54) is 0 Å². The van der Waals surface area contributed by atoms with E-state index in [0.29, 0.717) is 54.0 Å². The third-order valence-electron chi connectivity index (χ3n) is 8.97. The number of carbonyl (C=O) groups excluding carboxylic acids is 3. The number of carbonyl (C=O) groups is 3. The fourth-order valence-corrected chi connectivity index (χ4v) is 6.70. The number of esters is 1. The Morgan fingerprint density at radius 3 is 2.40 bits per heavy atom. The number of ketones is 1. The van der Waals surface area contributed by atoms with E-state index in [4.69, 9.17) is 32.9 Å².